The van der Waals surface area contributed by atoms with E-state index in [1.807, 2.05) is 22.1 Å². The largest absolute Gasteiger partial charge is 0.378 e. The van der Waals surface area contributed by atoms with E-state index in [1.165, 1.54) is 19.4 Å². The van der Waals surface area contributed by atoms with E-state index in [2.05, 4.69) is 45.8 Å². The normalized spacial score (nSPS) is 25.3. The average Bonchev–Trinajstić information content (AvgIpc) is 3.05. The number of fused-ring (bicyclic) bond motifs is 1. The number of halogens is 1. The number of carbonyl (C=O) groups is 1. The number of sulfone groups is 1. The second-order valence-electron chi connectivity index (χ2n) is 12.7. The monoisotopic (exact) mass is 651 g/mol. The molecule has 0 spiro atoms. The van der Waals surface area contributed by atoms with Crippen LogP contribution in [0.5, 0.6) is 0 Å². The average molecular weight is 652 g/mol. The number of hydrogen-bond acceptors (Lipinski definition) is 10. The first kappa shape index (κ1) is 32.1. The van der Waals surface area contributed by atoms with Gasteiger partial charge in [0.15, 0.2) is 0 Å². The Morgan fingerprint density at radius 2 is 1.96 bits per heavy atom. The first-order valence-corrected chi connectivity index (χ1v) is 17.9. The Hall–Kier alpha value is -3.84. The van der Waals surface area contributed by atoms with Crippen LogP contribution in [0, 0.1) is 5.92 Å². The molecule has 1 aromatic carbocycles. The molecule has 6 rings (SSSR count). The van der Waals surface area contributed by atoms with Crippen molar-refractivity contribution in [2.75, 3.05) is 60.4 Å². The summed E-state index contributed by atoms with van der Waals surface area (Å²) < 4.78 is 43.8. The van der Waals surface area contributed by atoms with Gasteiger partial charge >= 0.3 is 0 Å². The number of nitrogens with one attached hydrogen (secondary N) is 1. The third-order valence-corrected chi connectivity index (χ3v) is 10.7. The Balaban J connectivity index is 1.34. The molecule has 3 aliphatic heterocycles. The number of carbonyl (C=O) groups excluding carboxylic acids is 1. The summed E-state index contributed by atoms with van der Waals surface area (Å²) in [6.07, 6.45) is 7.91. The number of aromatic nitrogens is 3. The van der Waals surface area contributed by atoms with Gasteiger partial charge < -0.3 is 24.8 Å². The Bertz CT molecular complexity index is 1720. The Labute approximate surface area is 269 Å². The highest BCUT2D eigenvalue weighted by atomic mass is 32.2. The summed E-state index contributed by atoms with van der Waals surface area (Å²) in [5.74, 6) is 1.65. The van der Waals surface area contributed by atoms with Gasteiger partial charge in [0.2, 0.25) is 11.9 Å². The molecule has 1 amide bonds. The van der Waals surface area contributed by atoms with Gasteiger partial charge in [0, 0.05) is 68.4 Å². The summed E-state index contributed by atoms with van der Waals surface area (Å²) in [5, 5.41) is 5.21. The molecule has 2 aromatic heterocycles. The van der Waals surface area contributed by atoms with Gasteiger partial charge in [0.1, 0.15) is 27.6 Å². The predicted molar refractivity (Wildman–Crippen MR) is 178 cm³/mol. The van der Waals surface area contributed by atoms with E-state index >= 15 is 0 Å². The third-order valence-electron chi connectivity index (χ3n) is 9.63. The number of rotatable bonds is 9. The lowest BCUT2D eigenvalue weighted by atomic mass is 9.87. The SMILES string of the molecule is C=CC(=O)N1CCCC[C@@H]1c1ccc(N2C[C@H](CS(C)(=O)=O)[C@H]2C)c2cnc(Nc3ccnc(N4CC[C@@H](OC)[C@@H](F)C4)n3)cc12. The first-order valence-electron chi connectivity index (χ1n) is 15.9. The van der Waals surface area contributed by atoms with Crippen molar-refractivity contribution in [3.8, 4) is 0 Å². The van der Waals surface area contributed by atoms with Gasteiger partial charge in [-0.05, 0) is 67.8 Å². The molecule has 3 aromatic rings. The van der Waals surface area contributed by atoms with Gasteiger partial charge in [-0.3, -0.25) is 4.79 Å². The van der Waals surface area contributed by atoms with E-state index in [0.717, 1.165) is 41.3 Å². The lowest BCUT2D eigenvalue weighted by molar-refractivity contribution is -0.129. The van der Waals surface area contributed by atoms with Crippen molar-refractivity contribution >= 4 is 49.8 Å². The summed E-state index contributed by atoms with van der Waals surface area (Å²) in [4.78, 5) is 32.7. The summed E-state index contributed by atoms with van der Waals surface area (Å²) in [5.41, 5.74) is 2.01. The molecular formula is C33H42FN7O4S. The smallest absolute Gasteiger partial charge is 0.246 e. The highest BCUT2D eigenvalue weighted by Crippen LogP contribution is 2.42. The van der Waals surface area contributed by atoms with Crippen LogP contribution in [-0.2, 0) is 19.4 Å². The zero-order valence-electron chi connectivity index (χ0n) is 26.6. The summed E-state index contributed by atoms with van der Waals surface area (Å²) in [6.45, 7) is 7.84. The minimum atomic E-state index is -3.09. The highest BCUT2D eigenvalue weighted by molar-refractivity contribution is 7.90. The zero-order valence-corrected chi connectivity index (χ0v) is 27.4. The molecular weight excluding hydrogens is 609 g/mol. The Kier molecular flexibility index (Phi) is 9.15. The summed E-state index contributed by atoms with van der Waals surface area (Å²) >= 11 is 0. The summed E-state index contributed by atoms with van der Waals surface area (Å²) in [6, 6.07) is 7.83. The molecule has 3 aliphatic rings. The van der Waals surface area contributed by atoms with Crippen LogP contribution in [0.2, 0.25) is 0 Å². The standard InChI is InChI=1S/C33H42FN7O4S/c1-5-32(42)40-14-7-6-8-27(40)23-9-10-28(41-18-22(21(41)2)20-46(4,43)44)25-17-36-31(16-24(23)25)37-30-11-13-35-33(38-30)39-15-12-29(45-3)26(34)19-39/h5,9-11,13,16-17,21-22,26-27,29H,1,6-8,12,14-15,18-20H2,2-4H3,(H,35,36,37,38)/t21-,22-,26+,27-,29-/m1/s1. The van der Waals surface area contributed by atoms with Gasteiger partial charge in [0.05, 0.1) is 24.4 Å². The van der Waals surface area contributed by atoms with Gasteiger partial charge in [-0.25, -0.2) is 22.8 Å². The quantitative estimate of drug-likeness (QED) is 0.333. The molecule has 0 bridgehead atoms. The molecule has 3 fully saturated rings. The molecule has 0 unspecified atom stereocenters. The van der Waals surface area contributed by atoms with E-state index < -0.39 is 22.1 Å². The van der Waals surface area contributed by atoms with Crippen molar-refractivity contribution in [3.05, 3.63) is 54.9 Å². The number of ether oxygens (including phenoxy) is 1. The van der Waals surface area contributed by atoms with Crippen molar-refractivity contribution in [2.45, 2.75) is 57.0 Å². The number of hydrogen-bond donors (Lipinski definition) is 1. The Morgan fingerprint density at radius 1 is 1.13 bits per heavy atom. The number of pyridine rings is 1. The van der Waals surface area contributed by atoms with Crippen LogP contribution in [-0.4, -0.2) is 97.8 Å². The molecule has 0 radical (unpaired) electrons. The number of alkyl halides is 1. The molecule has 0 saturated carbocycles. The maximum atomic E-state index is 14.6. The number of piperidine rings is 2. The zero-order chi connectivity index (χ0) is 32.6. The molecule has 5 atom stereocenters. The number of benzene rings is 1. The van der Waals surface area contributed by atoms with Crippen LogP contribution in [0.25, 0.3) is 10.8 Å². The third kappa shape index (κ3) is 6.52. The topological polar surface area (TPSA) is 121 Å². The fourth-order valence-corrected chi connectivity index (χ4v) is 8.27. The van der Waals surface area contributed by atoms with E-state index in [4.69, 9.17) is 9.72 Å². The molecule has 1 N–H and O–H groups in total. The maximum Gasteiger partial charge on any atom is 0.246 e. The lowest BCUT2D eigenvalue weighted by Crippen LogP contribution is -2.57. The van der Waals surface area contributed by atoms with Crippen LogP contribution in [0.15, 0.2) is 49.3 Å². The van der Waals surface area contributed by atoms with E-state index in [-0.39, 0.29) is 36.2 Å². The fraction of sp³-hybridized carbons (Fsp3) is 0.515. The molecule has 246 valence electrons. The van der Waals surface area contributed by atoms with Crippen molar-refractivity contribution in [1.29, 1.82) is 0 Å². The molecule has 5 heterocycles. The molecule has 11 nitrogen and oxygen atoms in total. The number of anilines is 4. The van der Waals surface area contributed by atoms with Crippen LogP contribution in [0.1, 0.15) is 44.2 Å². The van der Waals surface area contributed by atoms with Gasteiger partial charge in [-0.1, -0.05) is 12.6 Å². The molecule has 46 heavy (non-hydrogen) atoms. The highest BCUT2D eigenvalue weighted by Gasteiger charge is 2.39. The first-order chi connectivity index (χ1) is 22.1. The van der Waals surface area contributed by atoms with E-state index in [0.29, 0.717) is 43.6 Å². The second kappa shape index (κ2) is 13.1. The second-order valence-corrected chi connectivity index (χ2v) is 14.9. The van der Waals surface area contributed by atoms with Crippen molar-refractivity contribution < 1.29 is 22.3 Å². The number of likely N-dealkylation sites (tertiary alicyclic amines) is 1. The molecule has 13 heteroatoms. The number of methoxy groups -OCH3 is 1. The van der Waals surface area contributed by atoms with E-state index in [9.17, 15) is 17.6 Å². The van der Waals surface area contributed by atoms with Crippen LogP contribution in [0.3, 0.4) is 0 Å². The molecule has 3 saturated heterocycles. The predicted octanol–water partition coefficient (Wildman–Crippen LogP) is 4.44. The molecule has 0 aliphatic carbocycles. The van der Waals surface area contributed by atoms with Crippen molar-refractivity contribution in [1.82, 2.24) is 19.9 Å². The van der Waals surface area contributed by atoms with Crippen molar-refractivity contribution in [3.63, 3.8) is 0 Å². The number of nitrogens with zero attached hydrogens (tertiary/aromatic N) is 6. The van der Waals surface area contributed by atoms with E-state index in [1.54, 1.807) is 12.3 Å². The van der Waals surface area contributed by atoms with Crippen LogP contribution in [0.4, 0.5) is 27.7 Å². The Morgan fingerprint density at radius 3 is 2.67 bits per heavy atom. The van der Waals surface area contributed by atoms with Gasteiger partial charge in [-0.15, -0.1) is 0 Å². The van der Waals surface area contributed by atoms with Crippen LogP contribution >= 0.6 is 0 Å². The minimum Gasteiger partial charge on any atom is -0.378 e. The minimum absolute atomic E-state index is 0.0485. The maximum absolute atomic E-state index is 14.6. The van der Waals surface area contributed by atoms with Crippen LogP contribution < -0.4 is 15.1 Å². The number of amides is 1. The summed E-state index contributed by atoms with van der Waals surface area (Å²) in [7, 11) is -1.56. The van der Waals surface area contributed by atoms with Gasteiger partial charge in [0.25, 0.3) is 0 Å². The lowest BCUT2D eigenvalue weighted by Gasteiger charge is -2.48. The van der Waals surface area contributed by atoms with Gasteiger partial charge in [-0.2, -0.15) is 4.98 Å². The van der Waals surface area contributed by atoms with Crippen molar-refractivity contribution in [2.24, 2.45) is 5.92 Å². The fourth-order valence-electron chi connectivity index (χ4n) is 7.11.